The van der Waals surface area contributed by atoms with Crippen LogP contribution in [-0.2, 0) is 30.6 Å². The van der Waals surface area contributed by atoms with Crippen LogP contribution in [0.25, 0.3) is 0 Å². The van der Waals surface area contributed by atoms with Crippen molar-refractivity contribution in [1.29, 1.82) is 0 Å². The number of alkyl halides is 3. The van der Waals surface area contributed by atoms with Gasteiger partial charge in [0.2, 0.25) is 5.91 Å². The highest BCUT2D eigenvalue weighted by molar-refractivity contribution is 5.76. The van der Waals surface area contributed by atoms with Gasteiger partial charge in [-0.2, -0.15) is 13.2 Å². The highest BCUT2D eigenvalue weighted by atomic mass is 19.4. The standard InChI is InChI=1S/C24H25F3N2O/c1-2-8-23(30)29(16-19-9-4-3-5-10-19)18-22-13-7-14-28(22)17-20-11-6-12-21(15-20)24(25,26)27/h3-7,9-15H,2,8,16-18H2,1H3. The van der Waals surface area contributed by atoms with Crippen molar-refractivity contribution < 1.29 is 18.0 Å². The molecule has 6 heteroatoms. The molecule has 0 radical (unpaired) electrons. The molecule has 3 aromatic rings. The van der Waals surface area contributed by atoms with Gasteiger partial charge in [0.05, 0.1) is 12.1 Å². The zero-order valence-electron chi connectivity index (χ0n) is 16.9. The van der Waals surface area contributed by atoms with Gasteiger partial charge in [-0.05, 0) is 41.8 Å². The molecule has 2 aromatic carbocycles. The van der Waals surface area contributed by atoms with E-state index in [4.69, 9.17) is 0 Å². The number of hydrogen-bond acceptors (Lipinski definition) is 1. The number of amides is 1. The van der Waals surface area contributed by atoms with Crippen molar-refractivity contribution in [3.05, 3.63) is 95.3 Å². The first-order valence-electron chi connectivity index (χ1n) is 9.98. The second-order valence-corrected chi connectivity index (χ2v) is 7.31. The van der Waals surface area contributed by atoms with E-state index in [1.807, 2.05) is 60.2 Å². The number of nitrogens with zero attached hydrogens (tertiary/aromatic N) is 2. The predicted octanol–water partition coefficient (Wildman–Crippen LogP) is 5.88. The summed E-state index contributed by atoms with van der Waals surface area (Å²) >= 11 is 0. The van der Waals surface area contributed by atoms with Crippen LogP contribution >= 0.6 is 0 Å². The Labute approximate surface area is 174 Å². The molecule has 0 saturated carbocycles. The van der Waals surface area contributed by atoms with E-state index in [1.54, 1.807) is 11.0 Å². The monoisotopic (exact) mass is 414 g/mol. The van der Waals surface area contributed by atoms with Crippen LogP contribution in [0.1, 0.15) is 42.1 Å². The molecule has 0 aliphatic carbocycles. The maximum atomic E-state index is 13.0. The molecule has 1 aromatic heterocycles. The summed E-state index contributed by atoms with van der Waals surface area (Å²) < 4.78 is 40.9. The zero-order chi connectivity index (χ0) is 21.6. The number of benzene rings is 2. The van der Waals surface area contributed by atoms with E-state index in [0.29, 0.717) is 31.6 Å². The van der Waals surface area contributed by atoms with Crippen molar-refractivity contribution in [1.82, 2.24) is 9.47 Å². The van der Waals surface area contributed by atoms with E-state index in [2.05, 4.69) is 0 Å². The number of carbonyl (C=O) groups is 1. The third kappa shape index (κ3) is 5.75. The quantitative estimate of drug-likeness (QED) is 0.452. The lowest BCUT2D eigenvalue weighted by atomic mass is 10.1. The largest absolute Gasteiger partial charge is 0.416 e. The molecule has 3 nitrogen and oxygen atoms in total. The molecule has 0 saturated heterocycles. The number of carbonyl (C=O) groups excluding carboxylic acids is 1. The van der Waals surface area contributed by atoms with Crippen molar-refractivity contribution in [2.75, 3.05) is 0 Å². The fourth-order valence-electron chi connectivity index (χ4n) is 3.39. The number of aromatic nitrogens is 1. The SMILES string of the molecule is CCCC(=O)N(Cc1ccccc1)Cc1cccn1Cc1cccc(C(F)(F)F)c1. The normalized spacial score (nSPS) is 11.5. The van der Waals surface area contributed by atoms with Crippen molar-refractivity contribution in [3.63, 3.8) is 0 Å². The van der Waals surface area contributed by atoms with Gasteiger partial charge in [-0.3, -0.25) is 4.79 Å². The number of halogens is 3. The van der Waals surface area contributed by atoms with Gasteiger partial charge in [-0.25, -0.2) is 0 Å². The first-order valence-corrected chi connectivity index (χ1v) is 9.98. The maximum Gasteiger partial charge on any atom is 0.416 e. The van der Waals surface area contributed by atoms with Crippen LogP contribution in [0.15, 0.2) is 72.9 Å². The molecular formula is C24H25F3N2O. The molecule has 1 heterocycles. The van der Waals surface area contributed by atoms with E-state index in [-0.39, 0.29) is 5.91 Å². The summed E-state index contributed by atoms with van der Waals surface area (Å²) in [4.78, 5) is 14.5. The van der Waals surface area contributed by atoms with Crippen molar-refractivity contribution in [2.45, 2.75) is 45.6 Å². The van der Waals surface area contributed by atoms with Crippen LogP contribution in [0.4, 0.5) is 13.2 Å². The van der Waals surface area contributed by atoms with Crippen molar-refractivity contribution in [3.8, 4) is 0 Å². The summed E-state index contributed by atoms with van der Waals surface area (Å²) in [6, 6.07) is 18.9. The zero-order valence-corrected chi connectivity index (χ0v) is 16.9. The van der Waals surface area contributed by atoms with Gasteiger partial charge in [0, 0.05) is 31.4 Å². The molecular weight excluding hydrogens is 389 g/mol. The van der Waals surface area contributed by atoms with E-state index in [1.165, 1.54) is 12.1 Å². The van der Waals surface area contributed by atoms with Crippen molar-refractivity contribution >= 4 is 5.91 Å². The molecule has 1 amide bonds. The van der Waals surface area contributed by atoms with Crippen LogP contribution in [0.2, 0.25) is 0 Å². The summed E-state index contributed by atoms with van der Waals surface area (Å²) in [6.45, 7) is 3.18. The number of rotatable bonds is 8. The van der Waals surface area contributed by atoms with Gasteiger partial charge < -0.3 is 9.47 Å². The Morgan fingerprint density at radius 1 is 0.933 bits per heavy atom. The third-order valence-electron chi connectivity index (χ3n) is 4.92. The minimum absolute atomic E-state index is 0.0631. The van der Waals surface area contributed by atoms with Gasteiger partial charge in [-0.15, -0.1) is 0 Å². The van der Waals surface area contributed by atoms with Gasteiger partial charge >= 0.3 is 6.18 Å². The first kappa shape index (κ1) is 21.7. The van der Waals surface area contributed by atoms with Crippen LogP contribution in [0, 0.1) is 0 Å². The summed E-state index contributed by atoms with van der Waals surface area (Å²) in [5.41, 5.74) is 1.83. The van der Waals surface area contributed by atoms with Crippen LogP contribution in [0.3, 0.4) is 0 Å². The Kier molecular flexibility index (Phi) is 6.98. The molecule has 3 rings (SSSR count). The van der Waals surface area contributed by atoms with Gasteiger partial charge in [0.15, 0.2) is 0 Å². The Balaban J connectivity index is 1.79. The van der Waals surface area contributed by atoms with E-state index in [9.17, 15) is 18.0 Å². The van der Waals surface area contributed by atoms with Gasteiger partial charge in [0.1, 0.15) is 0 Å². The second-order valence-electron chi connectivity index (χ2n) is 7.31. The van der Waals surface area contributed by atoms with E-state index in [0.717, 1.165) is 23.7 Å². The smallest absolute Gasteiger partial charge is 0.345 e. The average molecular weight is 414 g/mol. The van der Waals surface area contributed by atoms with Crippen LogP contribution < -0.4 is 0 Å². The minimum Gasteiger partial charge on any atom is -0.345 e. The molecule has 0 N–H and O–H groups in total. The second kappa shape index (κ2) is 9.65. The molecule has 0 bridgehead atoms. The lowest BCUT2D eigenvalue weighted by Gasteiger charge is -2.24. The molecule has 0 aliphatic heterocycles. The van der Waals surface area contributed by atoms with Crippen LogP contribution in [-0.4, -0.2) is 15.4 Å². The van der Waals surface area contributed by atoms with E-state index >= 15 is 0 Å². The maximum absolute atomic E-state index is 13.0. The summed E-state index contributed by atoms with van der Waals surface area (Å²) in [6.07, 6.45) is -1.31. The summed E-state index contributed by atoms with van der Waals surface area (Å²) in [5.74, 6) is 0.0631. The molecule has 0 aliphatic rings. The molecule has 0 spiro atoms. The summed E-state index contributed by atoms with van der Waals surface area (Å²) in [7, 11) is 0. The van der Waals surface area contributed by atoms with Gasteiger partial charge in [-0.1, -0.05) is 49.4 Å². The molecule has 30 heavy (non-hydrogen) atoms. The Morgan fingerprint density at radius 2 is 1.67 bits per heavy atom. The minimum atomic E-state index is -4.37. The highest BCUT2D eigenvalue weighted by Gasteiger charge is 2.30. The lowest BCUT2D eigenvalue weighted by molar-refractivity contribution is -0.137. The average Bonchev–Trinajstić information content (AvgIpc) is 3.14. The predicted molar refractivity (Wildman–Crippen MR) is 111 cm³/mol. The van der Waals surface area contributed by atoms with E-state index < -0.39 is 11.7 Å². The topological polar surface area (TPSA) is 25.2 Å². The van der Waals surface area contributed by atoms with Gasteiger partial charge in [0.25, 0.3) is 0 Å². The Bertz CT molecular complexity index is 964. The third-order valence-corrected chi connectivity index (χ3v) is 4.92. The Hall–Kier alpha value is -3.02. The molecule has 158 valence electrons. The lowest BCUT2D eigenvalue weighted by Crippen LogP contribution is -2.30. The Morgan fingerprint density at radius 3 is 2.37 bits per heavy atom. The first-order chi connectivity index (χ1) is 14.4. The molecule has 0 unspecified atom stereocenters. The van der Waals surface area contributed by atoms with Crippen LogP contribution in [0.5, 0.6) is 0 Å². The highest BCUT2D eigenvalue weighted by Crippen LogP contribution is 2.29. The van der Waals surface area contributed by atoms with Crippen molar-refractivity contribution in [2.24, 2.45) is 0 Å². The fourth-order valence-corrected chi connectivity index (χ4v) is 3.39. The molecule has 0 atom stereocenters. The summed E-state index contributed by atoms with van der Waals surface area (Å²) in [5, 5.41) is 0. The number of hydrogen-bond donors (Lipinski definition) is 0. The molecule has 0 fully saturated rings. The fraction of sp³-hybridized carbons (Fsp3) is 0.292.